The molecule has 5 nitrogen and oxygen atoms in total. The van der Waals surface area contributed by atoms with Crippen molar-refractivity contribution >= 4 is 15.7 Å². The normalized spacial score (nSPS) is 19.9. The molecule has 2 rings (SSSR count). The monoisotopic (exact) mass is 256 g/mol. The Morgan fingerprint density at radius 2 is 1.88 bits per heavy atom. The Bertz CT molecular complexity index is 504. The molecule has 1 aromatic rings. The number of β-amino-alcohol motifs (C(OH)–C–C–N with tert-alkyl or cyclic N) is 1. The van der Waals surface area contributed by atoms with Gasteiger partial charge in [-0.1, -0.05) is 6.92 Å². The number of nitrogens with two attached hydrogens (primary N) is 1. The molecule has 3 N–H and O–H groups in total. The predicted molar refractivity (Wildman–Crippen MR) is 64.9 cm³/mol. The van der Waals surface area contributed by atoms with Crippen molar-refractivity contribution in [1.29, 1.82) is 0 Å². The number of hydrogen-bond acceptors (Lipinski definition) is 4. The summed E-state index contributed by atoms with van der Waals surface area (Å²) in [6.07, 6.45) is 0.556. The van der Waals surface area contributed by atoms with Gasteiger partial charge in [0, 0.05) is 18.8 Å². The molecule has 0 atom stereocenters. The van der Waals surface area contributed by atoms with E-state index in [2.05, 4.69) is 0 Å². The molecule has 1 aliphatic heterocycles. The van der Waals surface area contributed by atoms with Gasteiger partial charge in [-0.25, -0.2) is 8.42 Å². The number of anilines is 1. The second kappa shape index (κ2) is 3.97. The van der Waals surface area contributed by atoms with Gasteiger partial charge in [0.1, 0.15) is 0 Å². The van der Waals surface area contributed by atoms with E-state index in [1.807, 2.05) is 6.92 Å². The predicted octanol–water partition coefficient (Wildman–Crippen LogP) is 0.414. The lowest BCUT2D eigenvalue weighted by atomic mass is 9.94. The maximum Gasteiger partial charge on any atom is 0.243 e. The molecule has 1 saturated heterocycles. The molecule has 6 heteroatoms. The highest BCUT2D eigenvalue weighted by Gasteiger charge is 2.45. The third-order valence-electron chi connectivity index (χ3n) is 3.12. The number of nitrogens with zero attached hydrogens (tertiary/aromatic N) is 1. The van der Waals surface area contributed by atoms with Crippen LogP contribution in [0.5, 0.6) is 0 Å². The summed E-state index contributed by atoms with van der Waals surface area (Å²) in [5.74, 6) is 0. The fraction of sp³-hybridized carbons (Fsp3) is 0.455. The van der Waals surface area contributed by atoms with E-state index in [1.165, 1.54) is 16.4 Å². The Labute approximate surface area is 101 Å². The lowest BCUT2D eigenvalue weighted by Crippen LogP contribution is -2.62. The highest BCUT2D eigenvalue weighted by Crippen LogP contribution is 2.30. The first-order valence-electron chi connectivity index (χ1n) is 5.45. The number of rotatable bonds is 3. The van der Waals surface area contributed by atoms with Crippen LogP contribution in [0.25, 0.3) is 0 Å². The largest absolute Gasteiger partial charge is 0.399 e. The molecule has 0 unspecified atom stereocenters. The Hall–Kier alpha value is -1.11. The zero-order valence-electron chi connectivity index (χ0n) is 9.63. The van der Waals surface area contributed by atoms with Crippen LogP contribution in [-0.4, -0.2) is 36.5 Å². The van der Waals surface area contributed by atoms with Crippen molar-refractivity contribution in [2.45, 2.75) is 23.8 Å². The van der Waals surface area contributed by atoms with E-state index < -0.39 is 15.6 Å². The number of benzene rings is 1. The molecule has 1 aliphatic rings. The van der Waals surface area contributed by atoms with Gasteiger partial charge in [0.2, 0.25) is 10.0 Å². The average molecular weight is 256 g/mol. The van der Waals surface area contributed by atoms with Gasteiger partial charge < -0.3 is 10.8 Å². The smallest absolute Gasteiger partial charge is 0.243 e. The van der Waals surface area contributed by atoms with Crippen LogP contribution in [-0.2, 0) is 10.0 Å². The van der Waals surface area contributed by atoms with E-state index in [4.69, 9.17) is 5.73 Å². The van der Waals surface area contributed by atoms with Gasteiger partial charge in [0.15, 0.2) is 0 Å². The minimum atomic E-state index is -3.48. The van der Waals surface area contributed by atoms with E-state index >= 15 is 0 Å². The zero-order valence-corrected chi connectivity index (χ0v) is 10.4. The second-order valence-electron chi connectivity index (χ2n) is 4.42. The summed E-state index contributed by atoms with van der Waals surface area (Å²) < 4.78 is 25.5. The highest BCUT2D eigenvalue weighted by molar-refractivity contribution is 7.89. The van der Waals surface area contributed by atoms with Crippen LogP contribution < -0.4 is 5.73 Å². The average Bonchev–Trinajstić information content (AvgIpc) is 2.25. The zero-order chi connectivity index (χ0) is 12.7. The second-order valence-corrected chi connectivity index (χ2v) is 6.36. The topological polar surface area (TPSA) is 83.6 Å². The Kier molecular flexibility index (Phi) is 2.89. The van der Waals surface area contributed by atoms with Crippen LogP contribution in [0.15, 0.2) is 29.2 Å². The van der Waals surface area contributed by atoms with Crippen LogP contribution in [0.4, 0.5) is 5.69 Å². The van der Waals surface area contributed by atoms with E-state index in [1.54, 1.807) is 12.1 Å². The third-order valence-corrected chi connectivity index (χ3v) is 4.92. The van der Waals surface area contributed by atoms with Crippen LogP contribution in [0.3, 0.4) is 0 Å². The summed E-state index contributed by atoms with van der Waals surface area (Å²) >= 11 is 0. The molecular formula is C11H16N2O3S. The van der Waals surface area contributed by atoms with Gasteiger partial charge in [-0.05, 0) is 30.7 Å². The molecule has 0 amide bonds. The number of aliphatic hydroxyl groups is 1. The standard InChI is InChI=1S/C11H16N2O3S/c1-2-11(14)7-13(8-11)17(15,16)10-5-3-9(12)4-6-10/h3-6,14H,2,7-8,12H2,1H3. The van der Waals surface area contributed by atoms with Crippen molar-refractivity contribution in [1.82, 2.24) is 4.31 Å². The molecule has 0 radical (unpaired) electrons. The molecule has 0 spiro atoms. The third kappa shape index (κ3) is 2.15. The Morgan fingerprint density at radius 3 is 2.35 bits per heavy atom. The Balaban J connectivity index is 2.19. The van der Waals surface area contributed by atoms with Crippen molar-refractivity contribution in [3.63, 3.8) is 0 Å². The van der Waals surface area contributed by atoms with Crippen LogP contribution in [0.1, 0.15) is 13.3 Å². The van der Waals surface area contributed by atoms with E-state index in [9.17, 15) is 13.5 Å². The van der Waals surface area contributed by atoms with Crippen LogP contribution in [0, 0.1) is 0 Å². The first-order valence-corrected chi connectivity index (χ1v) is 6.89. The van der Waals surface area contributed by atoms with Crippen molar-refractivity contribution < 1.29 is 13.5 Å². The molecule has 0 aliphatic carbocycles. The Morgan fingerprint density at radius 1 is 1.35 bits per heavy atom. The maximum atomic E-state index is 12.1. The van der Waals surface area contributed by atoms with Crippen LogP contribution >= 0.6 is 0 Å². The quantitative estimate of drug-likeness (QED) is 0.767. The fourth-order valence-corrected chi connectivity index (χ4v) is 3.39. The molecule has 0 aromatic heterocycles. The summed E-state index contributed by atoms with van der Waals surface area (Å²) in [4.78, 5) is 0.213. The number of sulfonamides is 1. The van der Waals surface area contributed by atoms with Crippen LogP contribution in [0.2, 0.25) is 0 Å². The highest BCUT2D eigenvalue weighted by atomic mass is 32.2. The van der Waals surface area contributed by atoms with Crippen molar-refractivity contribution in [2.24, 2.45) is 0 Å². The van der Waals surface area contributed by atoms with Gasteiger partial charge >= 0.3 is 0 Å². The van der Waals surface area contributed by atoms with Gasteiger partial charge in [-0.15, -0.1) is 0 Å². The van der Waals surface area contributed by atoms with Crippen molar-refractivity contribution in [3.8, 4) is 0 Å². The molecule has 1 fully saturated rings. The van der Waals surface area contributed by atoms with Gasteiger partial charge in [-0.3, -0.25) is 0 Å². The van der Waals surface area contributed by atoms with Crippen molar-refractivity contribution in [2.75, 3.05) is 18.8 Å². The number of nitrogen functional groups attached to an aromatic ring is 1. The first-order chi connectivity index (χ1) is 7.87. The number of hydrogen-bond donors (Lipinski definition) is 2. The fourth-order valence-electron chi connectivity index (χ4n) is 1.79. The molecule has 1 heterocycles. The SMILES string of the molecule is CCC1(O)CN(S(=O)(=O)c2ccc(N)cc2)C1. The minimum Gasteiger partial charge on any atom is -0.399 e. The lowest BCUT2D eigenvalue weighted by Gasteiger charge is -2.44. The summed E-state index contributed by atoms with van der Waals surface area (Å²) in [5, 5.41) is 9.82. The molecule has 0 saturated carbocycles. The lowest BCUT2D eigenvalue weighted by molar-refractivity contribution is -0.0613. The van der Waals surface area contributed by atoms with E-state index in [-0.39, 0.29) is 18.0 Å². The van der Waals surface area contributed by atoms with E-state index in [0.29, 0.717) is 12.1 Å². The van der Waals surface area contributed by atoms with Gasteiger partial charge in [-0.2, -0.15) is 4.31 Å². The van der Waals surface area contributed by atoms with Gasteiger partial charge in [0.25, 0.3) is 0 Å². The summed E-state index contributed by atoms with van der Waals surface area (Å²) in [7, 11) is -3.48. The van der Waals surface area contributed by atoms with E-state index in [0.717, 1.165) is 0 Å². The maximum absolute atomic E-state index is 12.1. The molecule has 17 heavy (non-hydrogen) atoms. The molecule has 1 aromatic carbocycles. The van der Waals surface area contributed by atoms with Crippen molar-refractivity contribution in [3.05, 3.63) is 24.3 Å². The molecular weight excluding hydrogens is 240 g/mol. The summed E-state index contributed by atoms with van der Waals surface area (Å²) in [6.45, 7) is 2.17. The molecule has 94 valence electrons. The minimum absolute atomic E-state index is 0.163. The summed E-state index contributed by atoms with van der Waals surface area (Å²) in [6, 6.07) is 6.07. The first kappa shape index (κ1) is 12.3. The van der Waals surface area contributed by atoms with Gasteiger partial charge in [0.05, 0.1) is 10.5 Å². The summed E-state index contributed by atoms with van der Waals surface area (Å²) in [5.41, 5.74) is 5.17. The molecule has 0 bridgehead atoms.